The Morgan fingerprint density at radius 2 is 2.00 bits per heavy atom. The molecule has 0 saturated carbocycles. The number of allylic oxidation sites excluding steroid dienone is 2. The highest BCUT2D eigenvalue weighted by molar-refractivity contribution is 8.00. The van der Waals surface area contributed by atoms with Crippen LogP contribution in [0.5, 0.6) is 0 Å². The molecule has 1 aliphatic rings. The zero-order valence-corrected chi connectivity index (χ0v) is 17.0. The van der Waals surface area contributed by atoms with Crippen LogP contribution < -0.4 is 4.90 Å². The number of benzene rings is 1. The Morgan fingerprint density at radius 3 is 2.61 bits per heavy atom. The summed E-state index contributed by atoms with van der Waals surface area (Å²) in [5, 5.41) is 0.0785. The highest BCUT2D eigenvalue weighted by Gasteiger charge is 2.38. The lowest BCUT2D eigenvalue weighted by molar-refractivity contribution is -0.137. The van der Waals surface area contributed by atoms with Gasteiger partial charge in [0.25, 0.3) is 0 Å². The zero-order valence-electron chi connectivity index (χ0n) is 15.5. The van der Waals surface area contributed by atoms with Crippen LogP contribution in [0.3, 0.4) is 0 Å². The summed E-state index contributed by atoms with van der Waals surface area (Å²) in [5.74, 6) is -0.132. The zero-order chi connectivity index (χ0) is 20.7. The second kappa shape index (κ2) is 7.44. The molecule has 8 heteroatoms. The fourth-order valence-electron chi connectivity index (χ4n) is 3.28. The van der Waals surface area contributed by atoms with Crippen molar-refractivity contribution in [1.29, 1.82) is 0 Å². The van der Waals surface area contributed by atoms with Gasteiger partial charge >= 0.3 is 6.18 Å². The molecular weight excluding hydrogens is 409 g/mol. The predicted molar refractivity (Wildman–Crippen MR) is 106 cm³/mol. The molecule has 0 saturated heterocycles. The molecule has 0 spiro atoms. The van der Waals surface area contributed by atoms with Gasteiger partial charge in [0.2, 0.25) is 0 Å². The maximum absolute atomic E-state index is 12.7. The fraction of sp³-hybridized carbons (Fsp3) is 0.300. The lowest BCUT2D eigenvalue weighted by atomic mass is 9.83. The number of carbonyl (C=O) groups excluding carboxylic acids is 1. The van der Waals surface area contributed by atoms with Crippen molar-refractivity contribution in [1.82, 2.24) is 4.98 Å². The van der Waals surface area contributed by atoms with Gasteiger partial charge in [-0.1, -0.05) is 55.4 Å². The van der Waals surface area contributed by atoms with Crippen LogP contribution >= 0.6 is 23.4 Å². The molecule has 0 atom stereocenters. The number of para-hydroxylation sites is 1. The SMILES string of the molecule is CN1/C(=C\C(=O)CSc2ncc(C(F)(F)F)cc2Cl)C(C)(C)c2ccccc21. The van der Waals surface area contributed by atoms with E-state index < -0.39 is 11.7 Å². The first-order valence-corrected chi connectivity index (χ1v) is 9.82. The van der Waals surface area contributed by atoms with Crippen molar-refractivity contribution in [2.75, 3.05) is 17.7 Å². The third-order valence-electron chi connectivity index (χ3n) is 4.72. The molecule has 0 bridgehead atoms. The van der Waals surface area contributed by atoms with E-state index in [1.165, 1.54) is 0 Å². The number of nitrogens with zero attached hydrogens (tertiary/aromatic N) is 2. The maximum Gasteiger partial charge on any atom is 0.417 e. The van der Waals surface area contributed by atoms with Gasteiger partial charge in [-0.25, -0.2) is 4.98 Å². The number of anilines is 1. The number of aromatic nitrogens is 1. The van der Waals surface area contributed by atoms with Crippen molar-refractivity contribution >= 4 is 34.8 Å². The number of likely N-dealkylation sites (N-methyl/N-ethyl adjacent to an activating group) is 1. The third kappa shape index (κ3) is 3.91. The van der Waals surface area contributed by atoms with E-state index in [1.54, 1.807) is 6.08 Å². The summed E-state index contributed by atoms with van der Waals surface area (Å²) >= 11 is 6.92. The summed E-state index contributed by atoms with van der Waals surface area (Å²) in [7, 11) is 1.91. The number of hydrogen-bond donors (Lipinski definition) is 0. The molecule has 2 aromatic rings. The Balaban J connectivity index is 1.75. The molecule has 0 unspecified atom stereocenters. The Labute approximate surface area is 170 Å². The van der Waals surface area contributed by atoms with Crippen molar-refractivity contribution in [3.05, 3.63) is 64.5 Å². The van der Waals surface area contributed by atoms with Gasteiger partial charge in [-0.15, -0.1) is 0 Å². The van der Waals surface area contributed by atoms with Crippen LogP contribution in [0, 0.1) is 0 Å². The number of thioether (sulfide) groups is 1. The molecule has 2 heterocycles. The van der Waals surface area contributed by atoms with E-state index in [-0.39, 0.29) is 27.0 Å². The molecular formula is C20H18ClF3N2OS. The van der Waals surface area contributed by atoms with Crippen molar-refractivity contribution in [2.24, 2.45) is 0 Å². The van der Waals surface area contributed by atoms with Crippen LogP contribution in [0.2, 0.25) is 5.02 Å². The number of halogens is 4. The molecule has 0 N–H and O–H groups in total. The maximum atomic E-state index is 12.7. The van der Waals surface area contributed by atoms with Gasteiger partial charge in [0.15, 0.2) is 5.78 Å². The van der Waals surface area contributed by atoms with Gasteiger partial charge in [-0.3, -0.25) is 4.79 Å². The molecule has 0 radical (unpaired) electrons. The summed E-state index contributed by atoms with van der Waals surface area (Å²) in [5.41, 5.74) is 1.81. The number of rotatable bonds is 4. The van der Waals surface area contributed by atoms with Crippen LogP contribution in [0.1, 0.15) is 25.0 Å². The van der Waals surface area contributed by atoms with Crippen LogP contribution in [0.25, 0.3) is 0 Å². The highest BCUT2D eigenvalue weighted by Crippen LogP contribution is 2.46. The average molecular weight is 427 g/mol. The molecule has 28 heavy (non-hydrogen) atoms. The van der Waals surface area contributed by atoms with Gasteiger partial charge in [0, 0.05) is 36.1 Å². The van der Waals surface area contributed by atoms with Gasteiger partial charge in [0.05, 0.1) is 16.3 Å². The van der Waals surface area contributed by atoms with Gasteiger partial charge in [0.1, 0.15) is 5.03 Å². The van der Waals surface area contributed by atoms with Gasteiger partial charge < -0.3 is 4.90 Å². The van der Waals surface area contributed by atoms with Gasteiger partial charge in [-0.05, 0) is 17.7 Å². The first-order chi connectivity index (χ1) is 13.0. The molecule has 1 aromatic carbocycles. The Kier molecular flexibility index (Phi) is 5.51. The fourth-order valence-corrected chi connectivity index (χ4v) is 4.30. The standard InChI is InChI=1S/C20H18ClF3N2OS/c1-19(2)14-6-4-5-7-16(14)26(3)17(19)9-13(27)11-28-18-15(21)8-12(10-25-18)20(22,23)24/h4-10H,11H2,1-3H3/b17-9-. The van der Waals surface area contributed by atoms with E-state index in [1.807, 2.05) is 36.2 Å². The molecule has 148 valence electrons. The largest absolute Gasteiger partial charge is 0.417 e. The summed E-state index contributed by atoms with van der Waals surface area (Å²) in [6, 6.07) is 8.78. The van der Waals surface area contributed by atoms with Crippen molar-refractivity contribution in [3.63, 3.8) is 0 Å². The molecule has 3 nitrogen and oxygen atoms in total. The predicted octanol–water partition coefficient (Wildman–Crippen LogP) is 5.73. The van der Waals surface area contributed by atoms with Crippen molar-refractivity contribution in [2.45, 2.75) is 30.5 Å². The minimum atomic E-state index is -4.51. The first kappa shape index (κ1) is 20.7. The van der Waals surface area contributed by atoms with Crippen LogP contribution in [0.15, 0.2) is 53.3 Å². The summed E-state index contributed by atoms with van der Waals surface area (Å²) in [4.78, 5) is 18.3. The molecule has 1 aliphatic heterocycles. The molecule has 0 aliphatic carbocycles. The Morgan fingerprint density at radius 1 is 1.32 bits per heavy atom. The lowest BCUT2D eigenvalue weighted by Crippen LogP contribution is -2.24. The molecule has 0 amide bonds. The summed E-state index contributed by atoms with van der Waals surface area (Å²) in [6.07, 6.45) is -2.19. The highest BCUT2D eigenvalue weighted by atomic mass is 35.5. The van der Waals surface area contributed by atoms with Crippen LogP contribution in [-0.2, 0) is 16.4 Å². The van der Waals surface area contributed by atoms with E-state index >= 15 is 0 Å². The molecule has 3 rings (SSSR count). The number of carbonyl (C=O) groups is 1. The quantitative estimate of drug-likeness (QED) is 0.462. The van der Waals surface area contributed by atoms with Crippen molar-refractivity contribution in [3.8, 4) is 0 Å². The second-order valence-electron chi connectivity index (χ2n) is 6.99. The second-order valence-corrected chi connectivity index (χ2v) is 8.37. The summed E-state index contributed by atoms with van der Waals surface area (Å²) < 4.78 is 38.1. The number of pyridine rings is 1. The minimum absolute atomic E-state index is 0.0296. The van der Waals surface area contributed by atoms with E-state index in [0.29, 0.717) is 0 Å². The molecule has 1 aromatic heterocycles. The third-order valence-corrected chi connectivity index (χ3v) is 6.15. The van der Waals surface area contributed by atoms with E-state index in [2.05, 4.69) is 18.8 Å². The monoisotopic (exact) mass is 426 g/mol. The van der Waals surface area contributed by atoms with Crippen LogP contribution in [0.4, 0.5) is 18.9 Å². The number of hydrogen-bond acceptors (Lipinski definition) is 4. The average Bonchev–Trinajstić information content (AvgIpc) is 2.81. The van der Waals surface area contributed by atoms with E-state index in [4.69, 9.17) is 11.6 Å². The summed E-state index contributed by atoms with van der Waals surface area (Å²) in [6.45, 7) is 4.10. The number of ketones is 1. The Bertz CT molecular complexity index is 957. The lowest BCUT2D eigenvalue weighted by Gasteiger charge is -2.23. The normalized spacial score (nSPS) is 17.1. The molecule has 0 fully saturated rings. The topological polar surface area (TPSA) is 33.2 Å². The van der Waals surface area contributed by atoms with E-state index in [0.717, 1.165) is 41.0 Å². The van der Waals surface area contributed by atoms with E-state index in [9.17, 15) is 18.0 Å². The smallest absolute Gasteiger partial charge is 0.347 e. The van der Waals surface area contributed by atoms with Crippen LogP contribution in [-0.4, -0.2) is 23.6 Å². The van der Waals surface area contributed by atoms with Gasteiger partial charge in [-0.2, -0.15) is 13.2 Å². The number of alkyl halides is 3. The minimum Gasteiger partial charge on any atom is -0.347 e. The van der Waals surface area contributed by atoms with Crippen molar-refractivity contribution < 1.29 is 18.0 Å². The Hall–Kier alpha value is -1.99. The first-order valence-electron chi connectivity index (χ1n) is 8.45. The number of fused-ring (bicyclic) bond motifs is 1.